The van der Waals surface area contributed by atoms with Crippen LogP contribution in [0.25, 0.3) is 0 Å². The number of thioether (sulfide) groups is 1. The van der Waals surface area contributed by atoms with Gasteiger partial charge in [0.1, 0.15) is 5.69 Å². The lowest BCUT2D eigenvalue weighted by atomic mass is 9.96. The molecular weight excluding hydrogens is 432 g/mol. The van der Waals surface area contributed by atoms with Crippen LogP contribution in [0.5, 0.6) is 0 Å². The molecule has 1 fully saturated rings. The zero-order valence-corrected chi connectivity index (χ0v) is 18.0. The molecule has 2 aromatic rings. The maximum absolute atomic E-state index is 12.4. The summed E-state index contributed by atoms with van der Waals surface area (Å²) >= 11 is 1.31. The number of carbonyl (C=O) groups is 2. The lowest BCUT2D eigenvalue weighted by Gasteiger charge is -2.32. The number of nitro benzene ring substituents is 1. The largest absolute Gasteiger partial charge is 0.455 e. The van der Waals surface area contributed by atoms with E-state index in [1.165, 1.54) is 17.8 Å². The monoisotopic (exact) mass is 454 g/mol. The average Bonchev–Trinajstić information content (AvgIpc) is 2.82. The van der Waals surface area contributed by atoms with E-state index in [1.54, 1.807) is 36.4 Å². The number of hydrogen-bond acceptors (Lipinski definition) is 8. The van der Waals surface area contributed by atoms with Gasteiger partial charge in [-0.25, -0.2) is 0 Å². The van der Waals surface area contributed by atoms with Crippen LogP contribution in [-0.2, 0) is 14.3 Å². The second kappa shape index (κ2) is 11.2. The van der Waals surface area contributed by atoms with Gasteiger partial charge in [0.2, 0.25) is 0 Å². The summed E-state index contributed by atoms with van der Waals surface area (Å²) in [6, 6.07) is 15.7. The van der Waals surface area contributed by atoms with Crippen molar-refractivity contribution in [2.45, 2.75) is 17.7 Å². The van der Waals surface area contributed by atoms with Gasteiger partial charge in [-0.2, -0.15) is 5.26 Å². The molecule has 1 N–H and O–H groups in total. The van der Waals surface area contributed by atoms with E-state index < -0.39 is 23.4 Å². The predicted molar refractivity (Wildman–Crippen MR) is 120 cm³/mol. The third-order valence-corrected chi connectivity index (χ3v) is 5.99. The summed E-state index contributed by atoms with van der Waals surface area (Å²) in [4.78, 5) is 38.1. The van der Waals surface area contributed by atoms with E-state index in [0.717, 1.165) is 4.90 Å². The van der Waals surface area contributed by atoms with Crippen molar-refractivity contribution in [1.82, 2.24) is 0 Å². The lowest BCUT2D eigenvalue weighted by Crippen LogP contribution is -2.37. The number of anilines is 2. The molecule has 0 radical (unpaired) electrons. The Morgan fingerprint density at radius 3 is 2.59 bits per heavy atom. The van der Waals surface area contributed by atoms with Crippen LogP contribution in [-0.4, -0.2) is 42.2 Å². The van der Waals surface area contributed by atoms with Gasteiger partial charge in [0.05, 0.1) is 28.4 Å². The molecule has 0 atom stereocenters. The summed E-state index contributed by atoms with van der Waals surface area (Å²) in [6.07, 6.45) is 0.972. The standard InChI is InChI=1S/C22H22N4O5S/c23-11-14-32-20-8-4-1-5-17(20)24-21(27)15-31-22(28)16-9-12-25(13-10-16)18-6-2-3-7-19(18)26(29)30/h1-8,16H,9-10,12-15H2,(H,24,27). The van der Waals surface area contributed by atoms with Crippen molar-refractivity contribution in [3.8, 4) is 6.07 Å². The number of benzene rings is 2. The highest BCUT2D eigenvalue weighted by atomic mass is 32.2. The molecule has 3 rings (SSSR count). The molecule has 9 nitrogen and oxygen atoms in total. The van der Waals surface area contributed by atoms with Gasteiger partial charge < -0.3 is 15.0 Å². The molecule has 1 saturated heterocycles. The molecule has 0 aliphatic carbocycles. The lowest BCUT2D eigenvalue weighted by molar-refractivity contribution is -0.384. The van der Waals surface area contributed by atoms with Crippen molar-refractivity contribution in [2.75, 3.05) is 35.7 Å². The third-order valence-electron chi connectivity index (χ3n) is 5.05. The number of esters is 1. The SMILES string of the molecule is N#CCSc1ccccc1NC(=O)COC(=O)C1CCN(c2ccccc2[N+](=O)[O-])CC1. The first-order valence-corrected chi connectivity index (χ1v) is 11.0. The van der Waals surface area contributed by atoms with Crippen LogP contribution >= 0.6 is 11.8 Å². The van der Waals surface area contributed by atoms with Gasteiger partial charge in [-0.05, 0) is 31.0 Å². The van der Waals surface area contributed by atoms with Crippen LogP contribution in [0.1, 0.15) is 12.8 Å². The van der Waals surface area contributed by atoms with E-state index >= 15 is 0 Å². The van der Waals surface area contributed by atoms with Crippen molar-refractivity contribution < 1.29 is 19.2 Å². The minimum absolute atomic E-state index is 0.0402. The summed E-state index contributed by atoms with van der Waals surface area (Å²) in [7, 11) is 0. The van der Waals surface area contributed by atoms with Gasteiger partial charge >= 0.3 is 5.97 Å². The second-order valence-corrected chi connectivity index (χ2v) is 8.12. The molecule has 32 heavy (non-hydrogen) atoms. The molecule has 1 heterocycles. The zero-order valence-electron chi connectivity index (χ0n) is 17.2. The van der Waals surface area contributed by atoms with Crippen LogP contribution in [0.4, 0.5) is 17.1 Å². The molecule has 0 saturated carbocycles. The number of piperidine rings is 1. The van der Waals surface area contributed by atoms with E-state index in [9.17, 15) is 19.7 Å². The molecule has 166 valence electrons. The maximum atomic E-state index is 12.4. The fourth-order valence-corrected chi connectivity index (χ4v) is 4.16. The van der Waals surface area contributed by atoms with E-state index in [0.29, 0.717) is 37.3 Å². The average molecular weight is 455 g/mol. The highest BCUT2D eigenvalue weighted by molar-refractivity contribution is 7.99. The first-order valence-electron chi connectivity index (χ1n) is 10.0. The van der Waals surface area contributed by atoms with Crippen LogP contribution in [0.15, 0.2) is 53.4 Å². The number of nitrogens with zero attached hydrogens (tertiary/aromatic N) is 3. The number of rotatable bonds is 8. The third kappa shape index (κ3) is 5.98. The highest BCUT2D eigenvalue weighted by Gasteiger charge is 2.29. The molecule has 0 aromatic heterocycles. The molecule has 1 amide bonds. The topological polar surface area (TPSA) is 126 Å². The van der Waals surface area contributed by atoms with E-state index in [4.69, 9.17) is 10.00 Å². The first-order chi connectivity index (χ1) is 15.5. The van der Waals surface area contributed by atoms with Crippen LogP contribution in [0, 0.1) is 27.4 Å². The summed E-state index contributed by atoms with van der Waals surface area (Å²) in [5, 5.41) is 22.7. The minimum atomic E-state index is -0.458. The van der Waals surface area contributed by atoms with E-state index in [2.05, 4.69) is 5.32 Å². The minimum Gasteiger partial charge on any atom is -0.455 e. The van der Waals surface area contributed by atoms with Crippen LogP contribution < -0.4 is 10.2 Å². The molecule has 1 aliphatic rings. The fraction of sp³-hybridized carbons (Fsp3) is 0.318. The Hall–Kier alpha value is -3.58. The molecule has 2 aromatic carbocycles. The molecule has 10 heteroatoms. The Bertz CT molecular complexity index is 1030. The van der Waals surface area contributed by atoms with Crippen molar-refractivity contribution in [3.05, 3.63) is 58.6 Å². The second-order valence-electron chi connectivity index (χ2n) is 7.11. The number of hydrogen-bond donors (Lipinski definition) is 1. The first kappa shape index (κ1) is 23.1. The van der Waals surface area contributed by atoms with Gasteiger partial charge in [0.25, 0.3) is 11.6 Å². The Kier molecular flexibility index (Phi) is 8.05. The highest BCUT2D eigenvalue weighted by Crippen LogP contribution is 2.31. The number of carbonyl (C=O) groups excluding carboxylic acids is 2. The van der Waals surface area contributed by atoms with Crippen LogP contribution in [0.3, 0.4) is 0 Å². The number of amides is 1. The van der Waals surface area contributed by atoms with E-state index in [-0.39, 0.29) is 17.4 Å². The molecule has 0 bridgehead atoms. The summed E-state index contributed by atoms with van der Waals surface area (Å²) in [5.74, 6) is -1.01. The number of ether oxygens (including phenoxy) is 1. The fourth-order valence-electron chi connectivity index (χ4n) is 3.49. The van der Waals surface area contributed by atoms with Gasteiger partial charge in [-0.15, -0.1) is 11.8 Å². The molecular formula is C22H22N4O5S. The summed E-state index contributed by atoms with van der Waals surface area (Å²) < 4.78 is 5.20. The van der Waals surface area contributed by atoms with Crippen LogP contribution in [0.2, 0.25) is 0 Å². The Morgan fingerprint density at radius 1 is 1.19 bits per heavy atom. The normalized spacial score (nSPS) is 13.8. The van der Waals surface area contributed by atoms with Gasteiger partial charge in [-0.1, -0.05) is 24.3 Å². The molecule has 0 unspecified atom stereocenters. The van der Waals surface area contributed by atoms with Crippen molar-refractivity contribution in [1.29, 1.82) is 5.26 Å². The number of nitro groups is 1. The van der Waals surface area contributed by atoms with E-state index in [1.807, 2.05) is 17.0 Å². The zero-order chi connectivity index (χ0) is 22.9. The number of para-hydroxylation sites is 3. The van der Waals surface area contributed by atoms with Crippen molar-refractivity contribution in [3.63, 3.8) is 0 Å². The van der Waals surface area contributed by atoms with Gasteiger partial charge in [0, 0.05) is 24.1 Å². The van der Waals surface area contributed by atoms with Crippen molar-refractivity contribution in [2.24, 2.45) is 5.92 Å². The Labute approximate surface area is 189 Å². The molecule has 0 spiro atoms. The molecule has 1 aliphatic heterocycles. The Morgan fingerprint density at radius 2 is 1.88 bits per heavy atom. The predicted octanol–water partition coefficient (Wildman–Crippen LogP) is 3.61. The van der Waals surface area contributed by atoms with Crippen molar-refractivity contribution >= 4 is 40.7 Å². The van der Waals surface area contributed by atoms with Gasteiger partial charge in [0.15, 0.2) is 6.61 Å². The number of nitriles is 1. The number of nitrogens with one attached hydrogen (secondary N) is 1. The Balaban J connectivity index is 1.48. The maximum Gasteiger partial charge on any atom is 0.309 e. The quantitative estimate of drug-likeness (QED) is 0.277. The van der Waals surface area contributed by atoms with Gasteiger partial charge in [-0.3, -0.25) is 19.7 Å². The summed E-state index contributed by atoms with van der Waals surface area (Å²) in [5.41, 5.74) is 1.14. The summed E-state index contributed by atoms with van der Waals surface area (Å²) in [6.45, 7) is 0.571. The smallest absolute Gasteiger partial charge is 0.309 e.